The van der Waals surface area contributed by atoms with Gasteiger partial charge in [0.1, 0.15) is 0 Å². The van der Waals surface area contributed by atoms with E-state index >= 15 is 0 Å². The van der Waals surface area contributed by atoms with Gasteiger partial charge in [0.05, 0.1) is 11.2 Å². The minimum atomic E-state index is 0. The van der Waals surface area contributed by atoms with Crippen molar-refractivity contribution in [1.82, 2.24) is 20.0 Å². The highest BCUT2D eigenvalue weighted by Gasteiger charge is 2.39. The number of rotatable bonds is 2. The first kappa shape index (κ1) is 18.8. The molecule has 0 aromatic carbocycles. The molecule has 0 saturated carbocycles. The van der Waals surface area contributed by atoms with Gasteiger partial charge in [-0.15, -0.1) is 12.4 Å². The van der Waals surface area contributed by atoms with Crippen molar-refractivity contribution in [2.45, 2.75) is 66.0 Å². The molecule has 0 radical (unpaired) electrons. The summed E-state index contributed by atoms with van der Waals surface area (Å²) in [5.41, 5.74) is 4.65. The number of aromatic nitrogens is 2. The fourth-order valence-electron chi connectivity index (χ4n) is 4.31. The van der Waals surface area contributed by atoms with Crippen LogP contribution in [0, 0.1) is 19.3 Å². The zero-order chi connectivity index (χ0) is 16.0. The Balaban J connectivity index is 0.00000192. The van der Waals surface area contributed by atoms with Gasteiger partial charge in [0.2, 0.25) is 0 Å². The quantitative estimate of drug-likeness (QED) is 0.897. The maximum atomic E-state index is 4.81. The molecule has 0 bridgehead atoms. The summed E-state index contributed by atoms with van der Waals surface area (Å²) in [5, 5.41) is 8.31. The summed E-state index contributed by atoms with van der Waals surface area (Å²) < 4.78 is 2.20. The molecule has 2 aliphatic heterocycles. The third kappa shape index (κ3) is 3.75. The molecule has 0 unspecified atom stereocenters. The number of aryl methyl sites for hydroxylation is 1. The smallest absolute Gasteiger partial charge is 0.0641 e. The van der Waals surface area contributed by atoms with Crippen LogP contribution in [-0.2, 0) is 12.1 Å². The van der Waals surface area contributed by atoms with Crippen LogP contribution in [0.25, 0.3) is 0 Å². The van der Waals surface area contributed by atoms with Crippen molar-refractivity contribution in [3.05, 3.63) is 17.0 Å². The molecule has 3 rings (SSSR count). The second-order valence-electron chi connectivity index (χ2n) is 8.44. The average Bonchev–Trinajstić information content (AvgIpc) is 2.95. The molecule has 1 aromatic rings. The summed E-state index contributed by atoms with van der Waals surface area (Å²) in [6, 6.07) is 0. The van der Waals surface area contributed by atoms with Gasteiger partial charge in [0, 0.05) is 24.3 Å². The zero-order valence-electron chi connectivity index (χ0n) is 15.4. The second-order valence-corrected chi connectivity index (χ2v) is 8.44. The van der Waals surface area contributed by atoms with Gasteiger partial charge in [0.25, 0.3) is 0 Å². The molecule has 2 aliphatic rings. The normalized spacial score (nSPS) is 21.6. The van der Waals surface area contributed by atoms with Gasteiger partial charge in [-0.25, -0.2) is 0 Å². The van der Waals surface area contributed by atoms with E-state index in [1.54, 1.807) is 0 Å². The molecule has 132 valence electrons. The summed E-state index contributed by atoms with van der Waals surface area (Å²) in [5.74, 6) is 0. The molecule has 4 nitrogen and oxygen atoms in total. The lowest BCUT2D eigenvalue weighted by molar-refractivity contribution is 0.193. The molecule has 3 heterocycles. The van der Waals surface area contributed by atoms with Crippen molar-refractivity contribution in [2.75, 3.05) is 26.2 Å². The van der Waals surface area contributed by atoms with Crippen LogP contribution in [0.3, 0.4) is 0 Å². The SMILES string of the molecule is Cc1nn(C(C)(C)C)c(C)c1CN1CCC2(CCNCC2)C1.Cl. The van der Waals surface area contributed by atoms with Crippen molar-refractivity contribution in [3.8, 4) is 0 Å². The Bertz CT molecular complexity index is 538. The number of halogens is 1. The minimum absolute atomic E-state index is 0. The van der Waals surface area contributed by atoms with Crippen molar-refractivity contribution in [1.29, 1.82) is 0 Å². The maximum Gasteiger partial charge on any atom is 0.0641 e. The molecule has 0 atom stereocenters. The Hall–Kier alpha value is -0.580. The van der Waals surface area contributed by atoms with Crippen LogP contribution in [0.2, 0.25) is 0 Å². The first-order chi connectivity index (χ1) is 10.3. The van der Waals surface area contributed by atoms with Crippen molar-refractivity contribution < 1.29 is 0 Å². The largest absolute Gasteiger partial charge is 0.317 e. The van der Waals surface area contributed by atoms with Gasteiger partial charge >= 0.3 is 0 Å². The Morgan fingerprint density at radius 3 is 2.35 bits per heavy atom. The van der Waals surface area contributed by atoms with Gasteiger partial charge in [0.15, 0.2) is 0 Å². The van der Waals surface area contributed by atoms with Crippen molar-refractivity contribution in [2.24, 2.45) is 5.41 Å². The Morgan fingerprint density at radius 1 is 1.13 bits per heavy atom. The van der Waals surface area contributed by atoms with Gasteiger partial charge in [-0.05, 0) is 78.9 Å². The van der Waals surface area contributed by atoms with Gasteiger partial charge < -0.3 is 5.32 Å². The summed E-state index contributed by atoms with van der Waals surface area (Å²) in [7, 11) is 0. The van der Waals surface area contributed by atoms with E-state index in [1.807, 2.05) is 0 Å². The molecular weight excluding hydrogens is 308 g/mol. The van der Waals surface area contributed by atoms with Crippen molar-refractivity contribution >= 4 is 12.4 Å². The van der Waals surface area contributed by atoms with Crippen LogP contribution < -0.4 is 5.32 Å². The van der Waals surface area contributed by atoms with E-state index < -0.39 is 0 Å². The van der Waals surface area contributed by atoms with Crippen LogP contribution in [0.4, 0.5) is 0 Å². The topological polar surface area (TPSA) is 33.1 Å². The highest BCUT2D eigenvalue weighted by Crippen LogP contribution is 2.39. The molecule has 5 heteroatoms. The predicted octanol–water partition coefficient (Wildman–Crippen LogP) is 3.25. The Labute approximate surface area is 147 Å². The summed E-state index contributed by atoms with van der Waals surface area (Å²) in [6.45, 7) is 17.1. The van der Waals surface area contributed by atoms with E-state index in [0.29, 0.717) is 5.41 Å². The fourth-order valence-corrected chi connectivity index (χ4v) is 4.31. The summed E-state index contributed by atoms with van der Waals surface area (Å²) >= 11 is 0. The first-order valence-electron chi connectivity index (χ1n) is 8.79. The van der Waals surface area contributed by atoms with Crippen LogP contribution >= 0.6 is 12.4 Å². The predicted molar refractivity (Wildman–Crippen MR) is 98.4 cm³/mol. The zero-order valence-corrected chi connectivity index (χ0v) is 16.2. The molecule has 0 aliphatic carbocycles. The van der Waals surface area contributed by atoms with Crippen molar-refractivity contribution in [3.63, 3.8) is 0 Å². The van der Waals surface area contributed by atoms with E-state index in [9.17, 15) is 0 Å². The fraction of sp³-hybridized carbons (Fsp3) is 0.833. The third-order valence-electron chi connectivity index (χ3n) is 5.64. The monoisotopic (exact) mass is 340 g/mol. The third-order valence-corrected chi connectivity index (χ3v) is 5.64. The molecule has 1 aromatic heterocycles. The highest BCUT2D eigenvalue weighted by atomic mass is 35.5. The first-order valence-corrected chi connectivity index (χ1v) is 8.79. The summed E-state index contributed by atoms with van der Waals surface area (Å²) in [6.07, 6.45) is 4.08. The number of hydrogen-bond acceptors (Lipinski definition) is 3. The second kappa shape index (κ2) is 6.73. The Kier molecular flexibility index (Phi) is 5.49. The molecule has 1 spiro atoms. The average molecular weight is 341 g/mol. The van der Waals surface area contributed by atoms with Crippen LogP contribution in [0.5, 0.6) is 0 Å². The van der Waals surface area contributed by atoms with Gasteiger partial charge in [-0.3, -0.25) is 9.58 Å². The molecule has 23 heavy (non-hydrogen) atoms. The van der Waals surface area contributed by atoms with Gasteiger partial charge in [-0.1, -0.05) is 0 Å². The lowest BCUT2D eigenvalue weighted by atomic mass is 9.78. The molecule has 0 amide bonds. The Morgan fingerprint density at radius 2 is 1.78 bits per heavy atom. The highest BCUT2D eigenvalue weighted by molar-refractivity contribution is 5.85. The molecule has 2 saturated heterocycles. The minimum Gasteiger partial charge on any atom is -0.317 e. The van der Waals surface area contributed by atoms with E-state index in [-0.39, 0.29) is 17.9 Å². The van der Waals surface area contributed by atoms with Gasteiger partial charge in [-0.2, -0.15) is 5.10 Å². The van der Waals surface area contributed by atoms with Crippen LogP contribution in [-0.4, -0.2) is 40.9 Å². The van der Waals surface area contributed by atoms with E-state index in [2.05, 4.69) is 49.5 Å². The van der Waals surface area contributed by atoms with E-state index in [1.165, 1.54) is 62.4 Å². The number of piperidine rings is 1. The standard InChI is InChI=1S/C18H32N4.ClH/c1-14-16(15(2)22(20-14)17(3,4)5)12-21-11-8-18(13-21)6-9-19-10-7-18;/h19H,6-13H2,1-5H3;1H. The lowest BCUT2D eigenvalue weighted by Crippen LogP contribution is -2.38. The lowest BCUT2D eigenvalue weighted by Gasteiger charge is -2.34. The molecular formula is C18H33ClN4. The number of hydrogen-bond donors (Lipinski definition) is 1. The molecule has 2 fully saturated rings. The number of nitrogens with zero attached hydrogens (tertiary/aromatic N) is 3. The van der Waals surface area contributed by atoms with E-state index in [0.717, 1.165) is 6.54 Å². The number of likely N-dealkylation sites (tertiary alicyclic amines) is 1. The maximum absolute atomic E-state index is 4.81. The number of nitrogens with one attached hydrogen (secondary N) is 1. The van der Waals surface area contributed by atoms with Crippen LogP contribution in [0.15, 0.2) is 0 Å². The summed E-state index contributed by atoms with van der Waals surface area (Å²) in [4.78, 5) is 2.66. The van der Waals surface area contributed by atoms with E-state index in [4.69, 9.17) is 5.10 Å². The molecule has 1 N–H and O–H groups in total. The van der Waals surface area contributed by atoms with Crippen LogP contribution in [0.1, 0.15) is 57.0 Å².